The van der Waals surface area contributed by atoms with Gasteiger partial charge in [-0.1, -0.05) is 6.07 Å². The summed E-state index contributed by atoms with van der Waals surface area (Å²) in [7, 11) is 0. The first-order valence-corrected chi connectivity index (χ1v) is 9.68. The maximum atomic E-state index is 13.9. The second-order valence-electron chi connectivity index (χ2n) is 7.39. The van der Waals surface area contributed by atoms with Crippen molar-refractivity contribution in [3.8, 4) is 5.75 Å². The summed E-state index contributed by atoms with van der Waals surface area (Å²) in [6.45, 7) is 4.36. The number of likely N-dealkylation sites (tertiary alicyclic amines) is 1. The van der Waals surface area contributed by atoms with Crippen molar-refractivity contribution in [3.63, 3.8) is 0 Å². The van der Waals surface area contributed by atoms with E-state index in [1.165, 1.54) is 4.90 Å². The molecule has 30 heavy (non-hydrogen) atoms. The Morgan fingerprint density at radius 3 is 2.40 bits per heavy atom. The SMILES string of the molecule is Cc1ccc(OCC(=O)NC2CCN(C(=O)c3ccc(F)c(F)c3F)CC2)cc1C. The highest BCUT2D eigenvalue weighted by atomic mass is 19.2. The number of aryl methyl sites for hydroxylation is 2. The van der Waals surface area contributed by atoms with Crippen LogP contribution in [-0.4, -0.2) is 42.5 Å². The van der Waals surface area contributed by atoms with E-state index in [2.05, 4.69) is 5.32 Å². The molecule has 1 saturated heterocycles. The minimum atomic E-state index is -1.66. The Hall–Kier alpha value is -3.03. The Morgan fingerprint density at radius 2 is 1.73 bits per heavy atom. The van der Waals surface area contributed by atoms with Gasteiger partial charge in [0.15, 0.2) is 24.1 Å². The van der Waals surface area contributed by atoms with E-state index < -0.39 is 28.9 Å². The molecule has 0 bridgehead atoms. The van der Waals surface area contributed by atoms with E-state index in [1.807, 2.05) is 26.0 Å². The van der Waals surface area contributed by atoms with Crippen LogP contribution in [0.5, 0.6) is 5.75 Å². The van der Waals surface area contributed by atoms with Crippen LogP contribution >= 0.6 is 0 Å². The molecule has 0 aliphatic carbocycles. The van der Waals surface area contributed by atoms with Gasteiger partial charge in [0.1, 0.15) is 5.75 Å². The molecule has 1 aliphatic heterocycles. The minimum Gasteiger partial charge on any atom is -0.484 e. The van der Waals surface area contributed by atoms with E-state index >= 15 is 0 Å². The third-order valence-electron chi connectivity index (χ3n) is 5.26. The van der Waals surface area contributed by atoms with Gasteiger partial charge in [0, 0.05) is 19.1 Å². The second kappa shape index (κ2) is 9.19. The Morgan fingerprint density at radius 1 is 1.03 bits per heavy atom. The summed E-state index contributed by atoms with van der Waals surface area (Å²) in [5.41, 5.74) is 1.71. The zero-order valence-electron chi connectivity index (χ0n) is 16.8. The van der Waals surface area contributed by atoms with Crippen molar-refractivity contribution < 1.29 is 27.5 Å². The molecule has 2 aromatic rings. The number of carbonyl (C=O) groups is 2. The average molecular weight is 420 g/mol. The van der Waals surface area contributed by atoms with Crippen LogP contribution in [0.1, 0.15) is 34.3 Å². The molecule has 2 amide bonds. The fraction of sp³-hybridized carbons (Fsp3) is 0.364. The maximum absolute atomic E-state index is 13.9. The quantitative estimate of drug-likeness (QED) is 0.753. The lowest BCUT2D eigenvalue weighted by Crippen LogP contribution is -2.47. The van der Waals surface area contributed by atoms with Gasteiger partial charge in [0.05, 0.1) is 5.56 Å². The highest BCUT2D eigenvalue weighted by Gasteiger charge is 2.27. The van der Waals surface area contributed by atoms with Crippen molar-refractivity contribution in [3.05, 3.63) is 64.5 Å². The van der Waals surface area contributed by atoms with Crippen molar-refractivity contribution in [1.82, 2.24) is 10.2 Å². The van der Waals surface area contributed by atoms with E-state index in [4.69, 9.17) is 4.74 Å². The van der Waals surface area contributed by atoms with E-state index in [0.29, 0.717) is 18.6 Å². The number of hydrogen-bond donors (Lipinski definition) is 1. The topological polar surface area (TPSA) is 58.6 Å². The number of hydrogen-bond acceptors (Lipinski definition) is 3. The molecule has 160 valence electrons. The zero-order valence-corrected chi connectivity index (χ0v) is 16.8. The van der Waals surface area contributed by atoms with Crippen LogP contribution in [0.2, 0.25) is 0 Å². The molecule has 8 heteroatoms. The monoisotopic (exact) mass is 420 g/mol. The smallest absolute Gasteiger partial charge is 0.258 e. The molecular weight excluding hydrogens is 397 g/mol. The Balaban J connectivity index is 1.48. The van der Waals surface area contributed by atoms with Crippen molar-refractivity contribution in [2.45, 2.75) is 32.7 Å². The summed E-state index contributed by atoms with van der Waals surface area (Å²) in [5.74, 6) is -4.85. The molecule has 0 saturated carbocycles. The molecule has 3 rings (SSSR count). The number of halogens is 3. The predicted octanol–water partition coefficient (Wildman–Crippen LogP) is 3.52. The molecule has 0 radical (unpaired) electrons. The first-order valence-electron chi connectivity index (χ1n) is 9.68. The minimum absolute atomic E-state index is 0.123. The van der Waals surface area contributed by atoms with Gasteiger partial charge in [-0.05, 0) is 62.1 Å². The Kier molecular flexibility index (Phi) is 6.64. The van der Waals surface area contributed by atoms with Gasteiger partial charge in [-0.15, -0.1) is 0 Å². The van der Waals surface area contributed by atoms with E-state index in [0.717, 1.165) is 23.3 Å². The number of nitrogens with one attached hydrogen (secondary N) is 1. The molecule has 1 N–H and O–H groups in total. The van der Waals surface area contributed by atoms with Gasteiger partial charge in [-0.2, -0.15) is 0 Å². The molecule has 0 aromatic heterocycles. The van der Waals surface area contributed by atoms with E-state index in [9.17, 15) is 22.8 Å². The van der Waals surface area contributed by atoms with Gasteiger partial charge < -0.3 is 15.0 Å². The fourth-order valence-electron chi connectivity index (χ4n) is 3.31. The van der Waals surface area contributed by atoms with E-state index in [-0.39, 0.29) is 31.6 Å². The normalized spacial score (nSPS) is 14.5. The highest BCUT2D eigenvalue weighted by Crippen LogP contribution is 2.20. The lowest BCUT2D eigenvalue weighted by atomic mass is 10.0. The van der Waals surface area contributed by atoms with Crippen LogP contribution in [0, 0.1) is 31.3 Å². The predicted molar refractivity (Wildman–Crippen MR) is 105 cm³/mol. The first-order chi connectivity index (χ1) is 14.3. The number of piperidine rings is 1. The number of amides is 2. The fourth-order valence-corrected chi connectivity index (χ4v) is 3.31. The number of carbonyl (C=O) groups excluding carboxylic acids is 2. The number of nitrogens with zero attached hydrogens (tertiary/aromatic N) is 1. The molecule has 0 atom stereocenters. The van der Waals surface area contributed by atoms with Gasteiger partial charge >= 0.3 is 0 Å². The van der Waals surface area contributed by atoms with Gasteiger partial charge in [-0.25, -0.2) is 13.2 Å². The Bertz CT molecular complexity index is 957. The maximum Gasteiger partial charge on any atom is 0.258 e. The van der Waals surface area contributed by atoms with E-state index in [1.54, 1.807) is 6.07 Å². The molecule has 0 unspecified atom stereocenters. The highest BCUT2D eigenvalue weighted by molar-refractivity contribution is 5.94. The summed E-state index contributed by atoms with van der Waals surface area (Å²) in [6, 6.07) is 7.11. The van der Waals surface area contributed by atoms with Crippen LogP contribution in [0.15, 0.2) is 30.3 Å². The van der Waals surface area contributed by atoms with Crippen LogP contribution < -0.4 is 10.1 Å². The van der Waals surface area contributed by atoms with Gasteiger partial charge in [0.2, 0.25) is 0 Å². The number of benzene rings is 2. The van der Waals surface area contributed by atoms with Gasteiger partial charge in [0.25, 0.3) is 11.8 Å². The molecule has 2 aromatic carbocycles. The van der Waals surface area contributed by atoms with Crippen molar-refractivity contribution in [2.75, 3.05) is 19.7 Å². The molecule has 5 nitrogen and oxygen atoms in total. The standard InChI is InChI=1S/C22H23F3N2O3/c1-13-3-4-16(11-14(13)2)30-12-19(28)26-15-7-9-27(10-8-15)22(29)17-5-6-18(23)21(25)20(17)24/h3-6,11,15H,7-10,12H2,1-2H3,(H,26,28). The molecule has 0 spiro atoms. The first kappa shape index (κ1) is 21.7. The van der Waals surface area contributed by atoms with Crippen LogP contribution in [0.4, 0.5) is 13.2 Å². The van der Waals surface area contributed by atoms with Crippen LogP contribution in [-0.2, 0) is 4.79 Å². The second-order valence-corrected chi connectivity index (χ2v) is 7.39. The van der Waals surface area contributed by atoms with Crippen molar-refractivity contribution >= 4 is 11.8 Å². The summed E-state index contributed by atoms with van der Waals surface area (Å²) >= 11 is 0. The zero-order chi connectivity index (χ0) is 21.8. The lowest BCUT2D eigenvalue weighted by molar-refractivity contribution is -0.124. The third-order valence-corrected chi connectivity index (χ3v) is 5.26. The van der Waals surface area contributed by atoms with Crippen LogP contribution in [0.25, 0.3) is 0 Å². The summed E-state index contributed by atoms with van der Waals surface area (Å²) < 4.78 is 45.8. The lowest BCUT2D eigenvalue weighted by Gasteiger charge is -2.32. The molecule has 1 heterocycles. The molecule has 1 fully saturated rings. The van der Waals surface area contributed by atoms with Gasteiger partial charge in [-0.3, -0.25) is 9.59 Å². The van der Waals surface area contributed by atoms with Crippen molar-refractivity contribution in [2.24, 2.45) is 0 Å². The number of rotatable bonds is 5. The van der Waals surface area contributed by atoms with Crippen LogP contribution in [0.3, 0.4) is 0 Å². The summed E-state index contributed by atoms with van der Waals surface area (Å²) in [5, 5.41) is 2.86. The molecular formula is C22H23F3N2O3. The summed E-state index contributed by atoms with van der Waals surface area (Å²) in [4.78, 5) is 25.9. The largest absolute Gasteiger partial charge is 0.484 e. The summed E-state index contributed by atoms with van der Waals surface area (Å²) in [6.07, 6.45) is 0.929. The third kappa shape index (κ3) is 4.93. The Labute approximate surface area is 172 Å². The number of ether oxygens (including phenoxy) is 1. The molecule has 1 aliphatic rings. The average Bonchev–Trinajstić information content (AvgIpc) is 2.73. The van der Waals surface area contributed by atoms with Crippen molar-refractivity contribution in [1.29, 1.82) is 0 Å².